The number of aliphatic hydroxyl groups is 2. The van der Waals surface area contributed by atoms with Crippen LogP contribution < -0.4 is 0 Å². The lowest BCUT2D eigenvalue weighted by Gasteiger charge is -2.61. The van der Waals surface area contributed by atoms with Crippen LogP contribution in [0.1, 0.15) is 105 Å². The first-order valence-corrected chi connectivity index (χ1v) is 13.1. The summed E-state index contributed by atoms with van der Waals surface area (Å²) in [5.41, 5.74) is 0.554. The van der Waals surface area contributed by atoms with Crippen molar-refractivity contribution in [2.24, 2.45) is 52.3 Å². The summed E-state index contributed by atoms with van der Waals surface area (Å²) >= 11 is 0. The van der Waals surface area contributed by atoms with Crippen LogP contribution in [0.4, 0.5) is 0 Å². The van der Waals surface area contributed by atoms with Crippen LogP contribution in [0.5, 0.6) is 0 Å². The highest BCUT2D eigenvalue weighted by Gasteiger charge is 2.61. The smallest absolute Gasteiger partial charge is 0.0546 e. The average molecular weight is 405 g/mol. The Hall–Kier alpha value is -0.0800. The van der Waals surface area contributed by atoms with Crippen molar-refractivity contribution in [2.45, 2.75) is 111 Å². The van der Waals surface area contributed by atoms with Crippen LogP contribution in [0.15, 0.2) is 0 Å². The first-order chi connectivity index (χ1) is 13.8. The average Bonchev–Trinajstić information content (AvgIpc) is 3.04. The van der Waals surface area contributed by atoms with E-state index in [0.717, 1.165) is 48.9 Å². The van der Waals surface area contributed by atoms with E-state index in [-0.39, 0.29) is 11.5 Å². The summed E-state index contributed by atoms with van der Waals surface area (Å²) < 4.78 is 0. The molecule has 2 N–H and O–H groups in total. The fraction of sp³-hybridized carbons (Fsp3) is 1.00. The van der Waals surface area contributed by atoms with Gasteiger partial charge in [0, 0.05) is 12.0 Å². The van der Waals surface area contributed by atoms with E-state index in [4.69, 9.17) is 0 Å². The van der Waals surface area contributed by atoms with Crippen molar-refractivity contribution in [1.82, 2.24) is 0 Å². The molecular formula is C27H48O2. The van der Waals surface area contributed by atoms with Crippen molar-refractivity contribution in [2.75, 3.05) is 6.61 Å². The number of hydrogen-bond donors (Lipinski definition) is 2. The molecule has 0 aromatic heterocycles. The van der Waals surface area contributed by atoms with E-state index in [9.17, 15) is 10.2 Å². The van der Waals surface area contributed by atoms with Gasteiger partial charge in [-0.2, -0.15) is 0 Å². The summed E-state index contributed by atoms with van der Waals surface area (Å²) in [6.45, 7) is 10.2. The third-order valence-electron chi connectivity index (χ3n) is 10.8. The molecule has 0 spiro atoms. The highest BCUT2D eigenvalue weighted by molar-refractivity contribution is 5.10. The van der Waals surface area contributed by atoms with Crippen LogP contribution in [0, 0.1) is 52.3 Å². The molecule has 4 aliphatic rings. The Balaban J connectivity index is 1.50. The maximum atomic E-state index is 10.6. The quantitative estimate of drug-likeness (QED) is 0.534. The molecule has 0 radical (unpaired) electrons. The second-order valence-corrected chi connectivity index (χ2v) is 12.5. The van der Waals surface area contributed by atoms with Crippen LogP contribution in [0.2, 0.25) is 0 Å². The fourth-order valence-corrected chi connectivity index (χ4v) is 9.41. The van der Waals surface area contributed by atoms with Gasteiger partial charge in [-0.1, -0.05) is 47.0 Å². The number of aliphatic hydroxyl groups excluding tert-OH is 2. The Kier molecular flexibility index (Phi) is 6.45. The lowest BCUT2D eigenvalue weighted by molar-refractivity contribution is -0.159. The van der Waals surface area contributed by atoms with Gasteiger partial charge in [-0.05, 0) is 105 Å². The van der Waals surface area contributed by atoms with E-state index in [1.54, 1.807) is 0 Å². The highest BCUT2D eigenvalue weighted by Crippen LogP contribution is 2.68. The third kappa shape index (κ3) is 3.73. The largest absolute Gasteiger partial charge is 0.396 e. The molecule has 0 amide bonds. The molecule has 4 fully saturated rings. The van der Waals surface area contributed by atoms with Gasteiger partial charge in [0.05, 0.1) is 6.10 Å². The van der Waals surface area contributed by atoms with Crippen molar-refractivity contribution in [3.05, 3.63) is 0 Å². The van der Waals surface area contributed by atoms with Crippen LogP contribution >= 0.6 is 0 Å². The van der Waals surface area contributed by atoms with Gasteiger partial charge in [0.1, 0.15) is 0 Å². The number of fused-ring (bicyclic) bond motifs is 5. The molecule has 29 heavy (non-hydrogen) atoms. The molecule has 4 aliphatic carbocycles. The minimum absolute atomic E-state index is 0.0306. The molecule has 9 atom stereocenters. The van der Waals surface area contributed by atoms with Crippen molar-refractivity contribution in [1.29, 1.82) is 0 Å². The normalized spacial score (nSPS) is 48.1. The lowest BCUT2D eigenvalue weighted by Crippen LogP contribution is -2.57. The predicted molar refractivity (Wildman–Crippen MR) is 120 cm³/mol. The van der Waals surface area contributed by atoms with Crippen LogP contribution in [-0.4, -0.2) is 22.9 Å². The Morgan fingerprint density at radius 3 is 2.38 bits per heavy atom. The Morgan fingerprint density at radius 2 is 1.66 bits per heavy atom. The van der Waals surface area contributed by atoms with Gasteiger partial charge >= 0.3 is 0 Å². The van der Waals surface area contributed by atoms with Gasteiger partial charge in [0.25, 0.3) is 0 Å². The molecule has 0 saturated heterocycles. The first-order valence-electron chi connectivity index (χ1n) is 13.1. The minimum atomic E-state index is -0.178. The maximum Gasteiger partial charge on any atom is 0.0546 e. The molecule has 2 nitrogen and oxygen atoms in total. The Morgan fingerprint density at radius 1 is 0.897 bits per heavy atom. The zero-order valence-electron chi connectivity index (χ0n) is 19.7. The fourth-order valence-electron chi connectivity index (χ4n) is 9.41. The molecule has 0 aliphatic heterocycles. The lowest BCUT2D eigenvalue weighted by atomic mass is 9.44. The van der Waals surface area contributed by atoms with E-state index >= 15 is 0 Å². The van der Waals surface area contributed by atoms with E-state index < -0.39 is 0 Å². The van der Waals surface area contributed by atoms with Gasteiger partial charge in [0.2, 0.25) is 0 Å². The third-order valence-corrected chi connectivity index (χ3v) is 10.8. The van der Waals surface area contributed by atoms with E-state index in [1.807, 2.05) is 0 Å². The van der Waals surface area contributed by atoms with Crippen LogP contribution in [0.25, 0.3) is 0 Å². The standard InChI is InChI=1S/C27H48O2/c1-18(2)6-5-7-19(3)23-12-13-24-22-11-9-20-8-10-21(29)16-27(20,17-28)25(22)14-15-26(23,24)4/h18-25,28-29H,5-17H2,1-4H3/t19-,20-,21+,22+,23-,24+,25+,26-,27-/m1/s1. The molecule has 0 unspecified atom stereocenters. The second-order valence-electron chi connectivity index (χ2n) is 12.5. The minimum Gasteiger partial charge on any atom is -0.396 e. The molecule has 4 rings (SSSR count). The highest BCUT2D eigenvalue weighted by atomic mass is 16.3. The summed E-state index contributed by atoms with van der Waals surface area (Å²) in [7, 11) is 0. The molecule has 0 aromatic carbocycles. The molecule has 0 bridgehead atoms. The summed E-state index contributed by atoms with van der Waals surface area (Å²) in [6.07, 6.45) is 15.2. The van der Waals surface area contributed by atoms with E-state index in [1.165, 1.54) is 57.8 Å². The van der Waals surface area contributed by atoms with Gasteiger partial charge < -0.3 is 10.2 Å². The van der Waals surface area contributed by atoms with Crippen molar-refractivity contribution in [3.63, 3.8) is 0 Å². The van der Waals surface area contributed by atoms with Gasteiger partial charge in [-0.15, -0.1) is 0 Å². The number of hydrogen-bond acceptors (Lipinski definition) is 2. The summed E-state index contributed by atoms with van der Waals surface area (Å²) in [5, 5.41) is 21.1. The van der Waals surface area contributed by atoms with Crippen molar-refractivity contribution < 1.29 is 10.2 Å². The predicted octanol–water partition coefficient (Wildman–Crippen LogP) is 6.44. The summed E-state index contributed by atoms with van der Waals surface area (Å²) in [5.74, 6) is 5.58. The van der Waals surface area contributed by atoms with Crippen LogP contribution in [0.3, 0.4) is 0 Å². The maximum absolute atomic E-state index is 10.6. The topological polar surface area (TPSA) is 40.5 Å². The molecular weight excluding hydrogens is 356 g/mol. The van der Waals surface area contributed by atoms with Gasteiger partial charge in [-0.3, -0.25) is 0 Å². The molecule has 0 heterocycles. The Labute approximate surface area is 180 Å². The second kappa shape index (κ2) is 8.45. The summed E-state index contributed by atoms with van der Waals surface area (Å²) in [6, 6.07) is 0. The van der Waals surface area contributed by atoms with E-state index in [0.29, 0.717) is 23.9 Å². The van der Waals surface area contributed by atoms with Gasteiger partial charge in [0.15, 0.2) is 0 Å². The zero-order valence-corrected chi connectivity index (χ0v) is 19.7. The van der Waals surface area contributed by atoms with Crippen molar-refractivity contribution >= 4 is 0 Å². The summed E-state index contributed by atoms with van der Waals surface area (Å²) in [4.78, 5) is 0. The molecule has 2 heteroatoms. The SMILES string of the molecule is CC(C)CCC[C@@H](C)[C@H]1CC[C@H]2[C@@H]3CC[C@H]4CC[C@H](O)C[C@]4(CO)[C@H]3CC[C@]12C. The zero-order chi connectivity index (χ0) is 20.8. The number of rotatable bonds is 6. The Bertz CT molecular complexity index is 559. The van der Waals surface area contributed by atoms with Gasteiger partial charge in [-0.25, -0.2) is 0 Å². The molecule has 0 aromatic rings. The monoisotopic (exact) mass is 404 g/mol. The molecule has 4 saturated carbocycles. The van der Waals surface area contributed by atoms with Crippen LogP contribution in [-0.2, 0) is 0 Å². The first kappa shape index (κ1) is 22.1. The molecule has 168 valence electrons. The van der Waals surface area contributed by atoms with E-state index in [2.05, 4.69) is 27.7 Å². The van der Waals surface area contributed by atoms with Crippen molar-refractivity contribution in [3.8, 4) is 0 Å².